The molecule has 0 amide bonds. The van der Waals surface area contributed by atoms with E-state index in [4.69, 9.17) is 5.84 Å². The molecule has 1 aromatic rings. The molecule has 0 radical (unpaired) electrons. The van der Waals surface area contributed by atoms with Gasteiger partial charge in [-0.2, -0.15) is 0 Å². The van der Waals surface area contributed by atoms with Crippen molar-refractivity contribution in [1.82, 2.24) is 5.43 Å². The van der Waals surface area contributed by atoms with E-state index in [0.717, 1.165) is 31.2 Å². The summed E-state index contributed by atoms with van der Waals surface area (Å²) >= 11 is 0. The van der Waals surface area contributed by atoms with Crippen molar-refractivity contribution in [3.05, 3.63) is 35.4 Å². The topological polar surface area (TPSA) is 38.0 Å². The minimum atomic E-state index is -0.815. The average molecular weight is 268 g/mol. The van der Waals surface area contributed by atoms with Gasteiger partial charge in [0, 0.05) is 6.04 Å². The predicted molar refractivity (Wildman–Crippen MR) is 72.2 cm³/mol. The van der Waals surface area contributed by atoms with Crippen molar-refractivity contribution in [3.63, 3.8) is 0 Å². The highest BCUT2D eigenvalue weighted by Crippen LogP contribution is 2.42. The quantitative estimate of drug-likeness (QED) is 0.648. The normalized spacial score (nSPS) is 21.3. The van der Waals surface area contributed by atoms with Crippen LogP contribution in [0, 0.1) is 23.0 Å². The third-order valence-corrected chi connectivity index (χ3v) is 4.34. The van der Waals surface area contributed by atoms with E-state index in [2.05, 4.69) is 19.3 Å². The van der Waals surface area contributed by atoms with Gasteiger partial charge >= 0.3 is 0 Å². The van der Waals surface area contributed by atoms with Crippen LogP contribution in [0.15, 0.2) is 18.2 Å². The molecule has 2 rings (SSSR count). The van der Waals surface area contributed by atoms with Gasteiger partial charge in [-0.1, -0.05) is 19.9 Å². The Morgan fingerprint density at radius 3 is 2.37 bits per heavy atom. The number of nitrogens with two attached hydrogens (primary N) is 1. The van der Waals surface area contributed by atoms with Crippen molar-refractivity contribution >= 4 is 0 Å². The maximum atomic E-state index is 13.3. The highest BCUT2D eigenvalue weighted by atomic mass is 19.2. The van der Waals surface area contributed by atoms with Gasteiger partial charge < -0.3 is 0 Å². The minimum Gasteiger partial charge on any atom is -0.271 e. The Kier molecular flexibility index (Phi) is 4.21. The van der Waals surface area contributed by atoms with Crippen molar-refractivity contribution in [2.24, 2.45) is 17.2 Å². The summed E-state index contributed by atoms with van der Waals surface area (Å²) in [6, 6.07) is 3.93. The smallest absolute Gasteiger partial charge is 0.159 e. The molecule has 4 heteroatoms. The van der Waals surface area contributed by atoms with Gasteiger partial charge in [-0.05, 0) is 54.7 Å². The van der Waals surface area contributed by atoms with Crippen LogP contribution in [-0.4, -0.2) is 0 Å². The average Bonchev–Trinajstić information content (AvgIpc) is 2.36. The summed E-state index contributed by atoms with van der Waals surface area (Å²) in [5.41, 5.74) is 3.88. The molecule has 1 fully saturated rings. The Bertz CT molecular complexity index is 436. The van der Waals surface area contributed by atoms with Crippen LogP contribution in [0.2, 0.25) is 0 Å². The molecule has 1 saturated carbocycles. The first-order chi connectivity index (χ1) is 8.93. The van der Waals surface area contributed by atoms with Gasteiger partial charge in [0.2, 0.25) is 0 Å². The fraction of sp³-hybridized carbons (Fsp3) is 0.600. The van der Waals surface area contributed by atoms with Gasteiger partial charge in [0.25, 0.3) is 0 Å². The van der Waals surface area contributed by atoms with Crippen LogP contribution in [0.3, 0.4) is 0 Å². The summed E-state index contributed by atoms with van der Waals surface area (Å²) in [5.74, 6) is 4.38. The Morgan fingerprint density at radius 1 is 1.21 bits per heavy atom. The standard InChI is InChI=1S/C15H22F2N2/c1-15(2)7-5-10(6-8-15)14(19-18)11-3-4-12(16)13(17)9-11/h3-4,9-10,14,19H,5-8,18H2,1-2H3. The number of nitrogens with one attached hydrogen (secondary N) is 1. The third-order valence-electron chi connectivity index (χ3n) is 4.34. The van der Waals surface area contributed by atoms with E-state index < -0.39 is 11.6 Å². The number of hydrazine groups is 1. The Balaban J connectivity index is 2.14. The van der Waals surface area contributed by atoms with Crippen LogP contribution in [-0.2, 0) is 0 Å². The van der Waals surface area contributed by atoms with Crippen LogP contribution in [0.25, 0.3) is 0 Å². The highest BCUT2D eigenvalue weighted by molar-refractivity contribution is 5.22. The third kappa shape index (κ3) is 3.31. The zero-order valence-corrected chi connectivity index (χ0v) is 11.5. The van der Waals surface area contributed by atoms with Gasteiger partial charge in [-0.15, -0.1) is 0 Å². The van der Waals surface area contributed by atoms with E-state index in [-0.39, 0.29) is 6.04 Å². The van der Waals surface area contributed by atoms with Crippen LogP contribution in [0.1, 0.15) is 51.1 Å². The summed E-state index contributed by atoms with van der Waals surface area (Å²) < 4.78 is 26.3. The summed E-state index contributed by atoms with van der Waals surface area (Å²) in [5, 5.41) is 0. The molecule has 1 aromatic carbocycles. The zero-order valence-electron chi connectivity index (χ0n) is 11.5. The maximum Gasteiger partial charge on any atom is 0.159 e. The van der Waals surface area contributed by atoms with Crippen molar-refractivity contribution < 1.29 is 8.78 Å². The zero-order chi connectivity index (χ0) is 14.0. The van der Waals surface area contributed by atoms with E-state index in [0.29, 0.717) is 11.3 Å². The second-order valence-corrected chi connectivity index (χ2v) is 6.32. The van der Waals surface area contributed by atoms with Crippen LogP contribution in [0.5, 0.6) is 0 Å². The molecule has 0 aromatic heterocycles. The van der Waals surface area contributed by atoms with Gasteiger partial charge in [0.05, 0.1) is 0 Å². The number of benzene rings is 1. The molecule has 0 saturated heterocycles. The molecule has 2 nitrogen and oxygen atoms in total. The first-order valence-electron chi connectivity index (χ1n) is 6.84. The summed E-state index contributed by atoms with van der Waals surface area (Å²) in [4.78, 5) is 0. The lowest BCUT2D eigenvalue weighted by atomic mass is 9.70. The molecule has 1 unspecified atom stereocenters. The highest BCUT2D eigenvalue weighted by Gasteiger charge is 2.31. The van der Waals surface area contributed by atoms with Crippen LogP contribution >= 0.6 is 0 Å². The molecule has 19 heavy (non-hydrogen) atoms. The number of halogens is 2. The van der Waals surface area contributed by atoms with Crippen LogP contribution < -0.4 is 11.3 Å². The number of hydrogen-bond acceptors (Lipinski definition) is 2. The predicted octanol–water partition coefficient (Wildman–Crippen LogP) is 3.69. The lowest BCUT2D eigenvalue weighted by Gasteiger charge is -2.38. The second-order valence-electron chi connectivity index (χ2n) is 6.32. The van der Waals surface area contributed by atoms with Gasteiger partial charge in [-0.25, -0.2) is 8.78 Å². The molecule has 0 aliphatic heterocycles. The lowest BCUT2D eigenvalue weighted by Crippen LogP contribution is -2.36. The number of hydrogen-bond donors (Lipinski definition) is 2. The molecular weight excluding hydrogens is 246 g/mol. The molecule has 0 spiro atoms. The van der Waals surface area contributed by atoms with Crippen molar-refractivity contribution in [2.75, 3.05) is 0 Å². The largest absolute Gasteiger partial charge is 0.271 e. The lowest BCUT2D eigenvalue weighted by molar-refractivity contribution is 0.161. The van der Waals surface area contributed by atoms with Crippen molar-refractivity contribution in [3.8, 4) is 0 Å². The first kappa shape index (κ1) is 14.4. The monoisotopic (exact) mass is 268 g/mol. The van der Waals surface area contributed by atoms with E-state index in [1.54, 1.807) is 6.07 Å². The summed E-state index contributed by atoms with van der Waals surface area (Å²) in [6.07, 6.45) is 4.39. The maximum absolute atomic E-state index is 13.3. The van der Waals surface area contributed by atoms with Gasteiger partial charge in [-0.3, -0.25) is 11.3 Å². The van der Waals surface area contributed by atoms with E-state index in [1.165, 1.54) is 12.1 Å². The van der Waals surface area contributed by atoms with E-state index in [9.17, 15) is 8.78 Å². The Morgan fingerprint density at radius 2 is 1.84 bits per heavy atom. The van der Waals surface area contributed by atoms with Crippen molar-refractivity contribution in [1.29, 1.82) is 0 Å². The fourth-order valence-electron chi connectivity index (χ4n) is 2.97. The molecule has 0 heterocycles. The molecule has 3 N–H and O–H groups in total. The Labute approximate surface area is 113 Å². The minimum absolute atomic E-state index is 0.105. The summed E-state index contributed by atoms with van der Waals surface area (Å²) in [7, 11) is 0. The molecule has 106 valence electrons. The number of rotatable bonds is 3. The van der Waals surface area contributed by atoms with E-state index >= 15 is 0 Å². The molecule has 1 atom stereocenters. The van der Waals surface area contributed by atoms with Crippen LogP contribution in [0.4, 0.5) is 8.78 Å². The summed E-state index contributed by atoms with van der Waals surface area (Å²) in [6.45, 7) is 4.54. The van der Waals surface area contributed by atoms with E-state index in [1.807, 2.05) is 0 Å². The first-order valence-corrected chi connectivity index (χ1v) is 6.84. The van der Waals surface area contributed by atoms with Gasteiger partial charge in [0.1, 0.15) is 0 Å². The Hall–Kier alpha value is -1.00. The van der Waals surface area contributed by atoms with Gasteiger partial charge in [0.15, 0.2) is 11.6 Å². The molecule has 0 bridgehead atoms. The SMILES string of the molecule is CC1(C)CCC(C(NN)c2ccc(F)c(F)c2)CC1. The second kappa shape index (κ2) is 5.55. The van der Waals surface area contributed by atoms with Crippen molar-refractivity contribution in [2.45, 2.75) is 45.6 Å². The molecular formula is C15H22F2N2. The fourth-order valence-corrected chi connectivity index (χ4v) is 2.97. The molecule has 1 aliphatic rings. The molecule has 1 aliphatic carbocycles.